The first-order chi connectivity index (χ1) is 14.3. The predicted molar refractivity (Wildman–Crippen MR) is 117 cm³/mol. The van der Waals surface area contributed by atoms with E-state index in [1.807, 2.05) is 45.3 Å². The van der Waals surface area contributed by atoms with Crippen LogP contribution in [0.3, 0.4) is 0 Å². The van der Waals surface area contributed by atoms with E-state index in [2.05, 4.69) is 10.2 Å². The first-order valence-corrected chi connectivity index (χ1v) is 10.1. The Bertz CT molecular complexity index is 896. The van der Waals surface area contributed by atoms with Gasteiger partial charge in [0.25, 0.3) is 11.8 Å². The molecule has 0 aromatic heterocycles. The van der Waals surface area contributed by atoms with Gasteiger partial charge in [0.15, 0.2) is 12.7 Å². The number of fused-ring (bicyclic) bond motifs is 1. The third kappa shape index (κ3) is 5.51. The molecule has 0 saturated heterocycles. The number of rotatable bonds is 8. The number of nitrogens with one attached hydrogen (secondary N) is 1. The van der Waals surface area contributed by atoms with Gasteiger partial charge in [-0.3, -0.25) is 9.59 Å². The summed E-state index contributed by atoms with van der Waals surface area (Å²) >= 11 is 0. The first-order valence-electron chi connectivity index (χ1n) is 10.1. The highest BCUT2D eigenvalue weighted by Crippen LogP contribution is 2.36. The fourth-order valence-corrected chi connectivity index (χ4v) is 3.24. The summed E-state index contributed by atoms with van der Waals surface area (Å²) in [4.78, 5) is 28.8. The van der Waals surface area contributed by atoms with Crippen molar-refractivity contribution >= 4 is 23.2 Å². The Morgan fingerprint density at radius 3 is 2.63 bits per heavy atom. The van der Waals surface area contributed by atoms with Gasteiger partial charge in [-0.15, -0.1) is 0 Å². The van der Waals surface area contributed by atoms with Crippen LogP contribution >= 0.6 is 0 Å². The molecular formula is C23H29N3O4. The monoisotopic (exact) mass is 411 g/mol. The molecule has 1 unspecified atom stereocenters. The highest BCUT2D eigenvalue weighted by molar-refractivity contribution is 6.01. The van der Waals surface area contributed by atoms with Gasteiger partial charge in [0.1, 0.15) is 11.5 Å². The van der Waals surface area contributed by atoms with Gasteiger partial charge in [-0.25, -0.2) is 0 Å². The first kappa shape index (κ1) is 21.6. The van der Waals surface area contributed by atoms with Crippen molar-refractivity contribution in [3.8, 4) is 11.5 Å². The lowest BCUT2D eigenvalue weighted by atomic mass is 10.1. The Balaban J connectivity index is 1.66. The molecule has 1 atom stereocenters. The van der Waals surface area contributed by atoms with Gasteiger partial charge >= 0.3 is 0 Å². The van der Waals surface area contributed by atoms with Crippen LogP contribution in [-0.4, -0.2) is 56.6 Å². The van der Waals surface area contributed by atoms with Gasteiger partial charge in [0, 0.05) is 12.2 Å². The van der Waals surface area contributed by atoms with Gasteiger partial charge in [-0.2, -0.15) is 0 Å². The second kappa shape index (κ2) is 9.63. The number of aryl methyl sites for hydroxylation is 1. The normalized spacial score (nSPS) is 15.6. The summed E-state index contributed by atoms with van der Waals surface area (Å²) in [5, 5.41) is 2.83. The molecule has 7 nitrogen and oxygen atoms in total. The maximum atomic E-state index is 12.7. The van der Waals surface area contributed by atoms with E-state index in [1.54, 1.807) is 30.0 Å². The molecule has 2 amide bonds. The van der Waals surface area contributed by atoms with Crippen LogP contribution in [0, 0.1) is 6.92 Å². The van der Waals surface area contributed by atoms with Crippen molar-refractivity contribution in [1.82, 2.24) is 4.90 Å². The van der Waals surface area contributed by atoms with Gasteiger partial charge in [0.05, 0.1) is 5.69 Å². The van der Waals surface area contributed by atoms with Crippen molar-refractivity contribution in [3.05, 3.63) is 48.0 Å². The lowest BCUT2D eigenvalue weighted by Gasteiger charge is -2.33. The van der Waals surface area contributed by atoms with Crippen molar-refractivity contribution in [2.45, 2.75) is 26.4 Å². The molecule has 0 spiro atoms. The van der Waals surface area contributed by atoms with E-state index < -0.39 is 6.10 Å². The zero-order valence-electron chi connectivity index (χ0n) is 18.0. The van der Waals surface area contributed by atoms with Crippen molar-refractivity contribution in [3.63, 3.8) is 0 Å². The average molecular weight is 412 g/mol. The maximum Gasteiger partial charge on any atom is 0.267 e. The number of benzene rings is 2. The van der Waals surface area contributed by atoms with E-state index in [4.69, 9.17) is 9.47 Å². The van der Waals surface area contributed by atoms with Crippen molar-refractivity contribution in [1.29, 1.82) is 0 Å². The number of nitrogens with zero attached hydrogens (tertiary/aromatic N) is 2. The standard InChI is InChI=1S/C23H29N3O4/c1-16-6-9-19(10-7-16)29-15-22(27)24-18-8-11-21-20(14-18)26(13-5-12-25(3)4)23(28)17(2)30-21/h6-11,14,17H,5,12-13,15H2,1-4H3,(H,24,27). The molecule has 0 radical (unpaired) electrons. The summed E-state index contributed by atoms with van der Waals surface area (Å²) in [6.07, 6.45) is 0.312. The molecule has 30 heavy (non-hydrogen) atoms. The van der Waals surface area contributed by atoms with Crippen molar-refractivity contribution in [2.75, 3.05) is 44.0 Å². The number of ether oxygens (including phenoxy) is 2. The Hall–Kier alpha value is -3.06. The van der Waals surface area contributed by atoms with E-state index in [-0.39, 0.29) is 18.4 Å². The molecule has 1 heterocycles. The second-order valence-corrected chi connectivity index (χ2v) is 7.74. The molecule has 7 heteroatoms. The summed E-state index contributed by atoms with van der Waals surface area (Å²) in [5.74, 6) is 0.931. The molecular weight excluding hydrogens is 382 g/mol. The highest BCUT2D eigenvalue weighted by Gasteiger charge is 2.31. The largest absolute Gasteiger partial charge is 0.484 e. The molecule has 1 aliphatic heterocycles. The quantitative estimate of drug-likeness (QED) is 0.723. The van der Waals surface area contributed by atoms with Crippen LogP contribution < -0.4 is 19.7 Å². The molecule has 1 N–H and O–H groups in total. The van der Waals surface area contributed by atoms with E-state index in [0.29, 0.717) is 29.4 Å². The van der Waals surface area contributed by atoms with E-state index in [9.17, 15) is 9.59 Å². The number of hydrogen-bond donors (Lipinski definition) is 1. The van der Waals surface area contributed by atoms with E-state index >= 15 is 0 Å². The minimum Gasteiger partial charge on any atom is -0.484 e. The molecule has 160 valence electrons. The molecule has 2 aromatic carbocycles. The second-order valence-electron chi connectivity index (χ2n) is 7.74. The Labute approximate surface area is 177 Å². The van der Waals surface area contributed by atoms with Crippen LogP contribution in [0.1, 0.15) is 18.9 Å². The third-order valence-corrected chi connectivity index (χ3v) is 4.83. The Morgan fingerprint density at radius 2 is 1.93 bits per heavy atom. The SMILES string of the molecule is Cc1ccc(OCC(=O)Nc2ccc3c(c2)N(CCCN(C)C)C(=O)C(C)O3)cc1. The zero-order chi connectivity index (χ0) is 21.7. The maximum absolute atomic E-state index is 12.7. The minimum absolute atomic E-state index is 0.0764. The van der Waals surface area contributed by atoms with Gasteiger partial charge < -0.3 is 24.6 Å². The summed E-state index contributed by atoms with van der Waals surface area (Å²) in [6.45, 7) is 5.11. The zero-order valence-corrected chi connectivity index (χ0v) is 18.0. The number of carbonyl (C=O) groups excluding carboxylic acids is 2. The van der Waals surface area contributed by atoms with Crippen LogP contribution in [-0.2, 0) is 9.59 Å². The fourth-order valence-electron chi connectivity index (χ4n) is 3.24. The number of hydrogen-bond acceptors (Lipinski definition) is 5. The van der Waals surface area contributed by atoms with Crippen molar-refractivity contribution < 1.29 is 19.1 Å². The summed E-state index contributed by atoms with van der Waals surface area (Å²) in [6, 6.07) is 12.9. The lowest BCUT2D eigenvalue weighted by Crippen LogP contribution is -2.45. The molecule has 0 aliphatic carbocycles. The average Bonchev–Trinajstić information content (AvgIpc) is 2.70. The van der Waals surface area contributed by atoms with Crippen LogP contribution in [0.5, 0.6) is 11.5 Å². The van der Waals surface area contributed by atoms with Crippen LogP contribution in [0.15, 0.2) is 42.5 Å². The molecule has 0 fully saturated rings. The van der Waals surface area contributed by atoms with E-state index in [1.165, 1.54) is 0 Å². The molecule has 1 aliphatic rings. The summed E-state index contributed by atoms with van der Waals surface area (Å²) < 4.78 is 11.3. The van der Waals surface area contributed by atoms with E-state index in [0.717, 1.165) is 18.5 Å². The Kier molecular flexibility index (Phi) is 6.95. The summed E-state index contributed by atoms with van der Waals surface area (Å²) in [7, 11) is 4.01. The number of carbonyl (C=O) groups is 2. The van der Waals surface area contributed by atoms with Crippen LogP contribution in [0.4, 0.5) is 11.4 Å². The Morgan fingerprint density at radius 1 is 1.20 bits per heavy atom. The smallest absolute Gasteiger partial charge is 0.267 e. The fraction of sp³-hybridized carbons (Fsp3) is 0.391. The van der Waals surface area contributed by atoms with Crippen molar-refractivity contribution in [2.24, 2.45) is 0 Å². The van der Waals surface area contributed by atoms with Crippen LogP contribution in [0.2, 0.25) is 0 Å². The molecule has 0 saturated carbocycles. The third-order valence-electron chi connectivity index (χ3n) is 4.83. The van der Waals surface area contributed by atoms with Gasteiger partial charge in [-0.05, 0) is 71.2 Å². The topological polar surface area (TPSA) is 71.1 Å². The molecule has 3 rings (SSSR count). The number of anilines is 2. The summed E-state index contributed by atoms with van der Waals surface area (Å²) in [5.41, 5.74) is 2.39. The minimum atomic E-state index is -0.528. The number of amides is 2. The predicted octanol–water partition coefficient (Wildman–Crippen LogP) is 3.08. The van der Waals surface area contributed by atoms with Gasteiger partial charge in [-0.1, -0.05) is 17.7 Å². The highest BCUT2D eigenvalue weighted by atomic mass is 16.5. The molecule has 2 aromatic rings. The molecule has 0 bridgehead atoms. The van der Waals surface area contributed by atoms with Crippen LogP contribution in [0.25, 0.3) is 0 Å². The van der Waals surface area contributed by atoms with Gasteiger partial charge in [0.2, 0.25) is 0 Å². The lowest BCUT2D eigenvalue weighted by molar-refractivity contribution is -0.125.